The van der Waals surface area contributed by atoms with E-state index in [-0.39, 0.29) is 5.92 Å². The minimum Gasteiger partial charge on any atom is -0.381 e. The van der Waals surface area contributed by atoms with Gasteiger partial charge in [0.15, 0.2) is 0 Å². The number of rotatable bonds is 1. The van der Waals surface area contributed by atoms with Gasteiger partial charge in [-0.3, -0.25) is 4.98 Å². The molecule has 2 aliphatic rings. The summed E-state index contributed by atoms with van der Waals surface area (Å²) in [6, 6.07) is 7.31. The van der Waals surface area contributed by atoms with E-state index in [0.717, 1.165) is 36.0 Å². The van der Waals surface area contributed by atoms with E-state index < -0.39 is 6.03 Å². The van der Waals surface area contributed by atoms with Gasteiger partial charge in [0.1, 0.15) is 10.7 Å². The lowest BCUT2D eigenvalue weighted by Crippen LogP contribution is -2.33. The van der Waals surface area contributed by atoms with Crippen molar-refractivity contribution >= 4 is 16.9 Å². The SMILES string of the molecule is O=C1N=c2c([C@@H]3CCCOC3)nc3ccccc3c2=N1. The van der Waals surface area contributed by atoms with Gasteiger partial charge in [0.2, 0.25) is 0 Å². The Hall–Kier alpha value is -2.14. The molecule has 0 bridgehead atoms. The van der Waals surface area contributed by atoms with Crippen molar-refractivity contribution in [3.05, 3.63) is 40.7 Å². The van der Waals surface area contributed by atoms with Gasteiger partial charge in [0, 0.05) is 17.9 Å². The second-order valence-electron chi connectivity index (χ2n) is 5.13. The highest BCUT2D eigenvalue weighted by atomic mass is 16.5. The van der Waals surface area contributed by atoms with Gasteiger partial charge >= 0.3 is 6.03 Å². The molecular weight excluding hydrogens is 254 g/mol. The van der Waals surface area contributed by atoms with Crippen molar-refractivity contribution in [3.63, 3.8) is 0 Å². The van der Waals surface area contributed by atoms with Gasteiger partial charge in [-0.25, -0.2) is 4.79 Å². The monoisotopic (exact) mass is 267 g/mol. The summed E-state index contributed by atoms with van der Waals surface area (Å²) < 4.78 is 5.54. The Morgan fingerprint density at radius 2 is 2.00 bits per heavy atom. The molecule has 5 nitrogen and oxygen atoms in total. The molecule has 1 saturated heterocycles. The van der Waals surface area contributed by atoms with Crippen LogP contribution in [0, 0.1) is 0 Å². The van der Waals surface area contributed by atoms with Crippen LogP contribution in [-0.4, -0.2) is 24.2 Å². The Balaban J connectivity index is 2.03. The first-order chi connectivity index (χ1) is 9.83. The van der Waals surface area contributed by atoms with E-state index in [1.807, 2.05) is 24.3 Å². The molecule has 2 aromatic rings. The highest BCUT2D eigenvalue weighted by Gasteiger charge is 2.23. The van der Waals surface area contributed by atoms with Gasteiger partial charge < -0.3 is 4.74 Å². The van der Waals surface area contributed by atoms with Gasteiger partial charge in [-0.05, 0) is 18.9 Å². The van der Waals surface area contributed by atoms with Crippen molar-refractivity contribution in [1.29, 1.82) is 0 Å². The van der Waals surface area contributed by atoms with Crippen LogP contribution >= 0.6 is 0 Å². The average molecular weight is 267 g/mol. The number of hydrogen-bond donors (Lipinski definition) is 0. The van der Waals surface area contributed by atoms with E-state index >= 15 is 0 Å². The molecule has 100 valence electrons. The number of fused-ring (bicyclic) bond motifs is 3. The third-order valence-corrected chi connectivity index (χ3v) is 3.83. The van der Waals surface area contributed by atoms with Crippen LogP contribution in [0.15, 0.2) is 34.3 Å². The highest BCUT2D eigenvalue weighted by Crippen LogP contribution is 2.22. The van der Waals surface area contributed by atoms with Crippen LogP contribution in [0.1, 0.15) is 24.5 Å². The van der Waals surface area contributed by atoms with Crippen molar-refractivity contribution in [2.75, 3.05) is 13.2 Å². The third kappa shape index (κ3) is 1.74. The fraction of sp³-hybridized carbons (Fsp3) is 0.333. The number of pyridine rings is 1. The zero-order chi connectivity index (χ0) is 13.5. The van der Waals surface area contributed by atoms with Crippen LogP contribution < -0.4 is 10.7 Å². The number of nitrogens with zero attached hydrogens (tertiary/aromatic N) is 3. The van der Waals surface area contributed by atoms with Gasteiger partial charge in [-0.2, -0.15) is 9.98 Å². The van der Waals surface area contributed by atoms with E-state index in [1.54, 1.807) is 0 Å². The average Bonchev–Trinajstić information content (AvgIpc) is 2.89. The van der Waals surface area contributed by atoms with E-state index in [2.05, 4.69) is 9.98 Å². The minimum atomic E-state index is -0.434. The number of aromatic nitrogens is 1. The van der Waals surface area contributed by atoms with E-state index in [4.69, 9.17) is 9.72 Å². The summed E-state index contributed by atoms with van der Waals surface area (Å²) in [5.74, 6) is 0.201. The maximum Gasteiger partial charge on any atom is 0.368 e. The van der Waals surface area contributed by atoms with Gasteiger partial charge in [-0.15, -0.1) is 0 Å². The molecule has 1 atom stereocenters. The third-order valence-electron chi connectivity index (χ3n) is 3.83. The van der Waals surface area contributed by atoms with Crippen molar-refractivity contribution in [2.24, 2.45) is 9.98 Å². The summed E-state index contributed by atoms with van der Waals surface area (Å²) in [6.45, 7) is 1.44. The lowest BCUT2D eigenvalue weighted by Gasteiger charge is -2.21. The summed E-state index contributed by atoms with van der Waals surface area (Å²) in [4.78, 5) is 24.4. The van der Waals surface area contributed by atoms with Crippen LogP contribution in [0.25, 0.3) is 10.9 Å². The molecule has 0 N–H and O–H groups in total. The summed E-state index contributed by atoms with van der Waals surface area (Å²) >= 11 is 0. The topological polar surface area (TPSA) is 63.9 Å². The largest absolute Gasteiger partial charge is 0.381 e. The number of para-hydroxylation sites is 1. The molecule has 4 rings (SSSR count). The molecule has 1 aromatic carbocycles. The second kappa shape index (κ2) is 4.45. The molecule has 1 fully saturated rings. The number of benzene rings is 1. The first kappa shape index (κ1) is 11.7. The van der Waals surface area contributed by atoms with Crippen LogP contribution in [0.5, 0.6) is 0 Å². The van der Waals surface area contributed by atoms with Crippen LogP contribution in [-0.2, 0) is 4.74 Å². The molecule has 0 saturated carbocycles. The van der Waals surface area contributed by atoms with Crippen molar-refractivity contribution in [2.45, 2.75) is 18.8 Å². The van der Waals surface area contributed by atoms with Crippen molar-refractivity contribution < 1.29 is 9.53 Å². The standard InChI is InChI=1S/C15H13N3O2/c19-15-17-13-10-5-1-2-6-11(10)16-12(14(13)18-15)9-4-3-7-20-8-9/h1-2,5-6,9H,3-4,7-8H2/t9-/m1/s1. The fourth-order valence-corrected chi connectivity index (χ4v) is 2.88. The van der Waals surface area contributed by atoms with E-state index in [0.29, 0.717) is 17.3 Å². The molecule has 0 unspecified atom stereocenters. The Kier molecular flexibility index (Phi) is 2.60. The van der Waals surface area contributed by atoms with Crippen molar-refractivity contribution in [3.8, 4) is 0 Å². The normalized spacial score (nSPS) is 21.4. The zero-order valence-electron chi connectivity index (χ0n) is 10.9. The Morgan fingerprint density at radius 1 is 1.15 bits per heavy atom. The van der Waals surface area contributed by atoms with Gasteiger partial charge in [-0.1, -0.05) is 18.2 Å². The minimum absolute atomic E-state index is 0.201. The molecule has 20 heavy (non-hydrogen) atoms. The van der Waals surface area contributed by atoms with E-state index in [9.17, 15) is 4.79 Å². The maximum atomic E-state index is 11.6. The first-order valence-electron chi connectivity index (χ1n) is 6.81. The lowest BCUT2D eigenvalue weighted by atomic mass is 9.96. The first-order valence-corrected chi connectivity index (χ1v) is 6.81. The number of urea groups is 1. The molecule has 5 heteroatoms. The Morgan fingerprint density at radius 3 is 2.85 bits per heavy atom. The summed E-state index contributed by atoms with van der Waals surface area (Å²) in [6.07, 6.45) is 2.03. The summed E-state index contributed by atoms with van der Waals surface area (Å²) in [5.41, 5.74) is 1.72. The summed E-state index contributed by atoms with van der Waals surface area (Å²) in [5, 5.41) is 2.20. The molecule has 0 radical (unpaired) electrons. The molecule has 0 spiro atoms. The van der Waals surface area contributed by atoms with Crippen LogP contribution in [0.2, 0.25) is 0 Å². The smallest absolute Gasteiger partial charge is 0.368 e. The van der Waals surface area contributed by atoms with Gasteiger partial charge in [0.05, 0.1) is 17.8 Å². The van der Waals surface area contributed by atoms with Gasteiger partial charge in [0.25, 0.3) is 0 Å². The fourth-order valence-electron chi connectivity index (χ4n) is 2.88. The molecular formula is C15H13N3O2. The predicted octanol–water partition coefficient (Wildman–Crippen LogP) is 1.50. The predicted molar refractivity (Wildman–Crippen MR) is 72.2 cm³/mol. The molecule has 1 aromatic heterocycles. The lowest BCUT2D eigenvalue weighted by molar-refractivity contribution is 0.0790. The van der Waals surface area contributed by atoms with Crippen molar-refractivity contribution in [1.82, 2.24) is 4.98 Å². The second-order valence-corrected chi connectivity index (χ2v) is 5.13. The van der Waals surface area contributed by atoms with Crippen LogP contribution in [0.4, 0.5) is 4.79 Å². The number of amides is 2. The molecule has 2 aliphatic heterocycles. The number of hydrogen-bond acceptors (Lipinski definition) is 3. The number of carbonyl (C=O) groups excluding carboxylic acids is 1. The maximum absolute atomic E-state index is 11.6. The van der Waals surface area contributed by atoms with E-state index in [1.165, 1.54) is 0 Å². The number of ether oxygens (including phenoxy) is 1. The molecule has 3 heterocycles. The molecule has 0 aliphatic carbocycles. The Labute approximate surface area is 115 Å². The van der Waals surface area contributed by atoms with Crippen LogP contribution in [0.3, 0.4) is 0 Å². The number of carbonyl (C=O) groups is 1. The zero-order valence-corrected chi connectivity index (χ0v) is 10.9. The highest BCUT2D eigenvalue weighted by molar-refractivity contribution is 5.84. The summed E-state index contributed by atoms with van der Waals surface area (Å²) in [7, 11) is 0. The molecule has 2 amide bonds. The quantitative estimate of drug-likeness (QED) is 0.786. The Bertz CT molecular complexity index is 823.